The number of urea groups is 1. The molecule has 0 spiro atoms. The number of hydrogen-bond donors (Lipinski definition) is 2. The van der Waals surface area contributed by atoms with E-state index in [1.807, 2.05) is 24.1 Å². The van der Waals surface area contributed by atoms with Crippen molar-refractivity contribution in [1.29, 1.82) is 0 Å². The molecule has 4 heteroatoms. The molecule has 1 aliphatic rings. The Bertz CT molecular complexity index is 431. The van der Waals surface area contributed by atoms with E-state index < -0.39 is 0 Å². The second kappa shape index (κ2) is 4.75. The van der Waals surface area contributed by atoms with Crippen LogP contribution in [-0.4, -0.2) is 32.2 Å². The SMILES string of the molecule is CNCC1CN(c2cccc(C)c2C)C(=O)N1. The first-order chi connectivity index (χ1) is 8.13. The summed E-state index contributed by atoms with van der Waals surface area (Å²) in [5.74, 6) is 0. The summed E-state index contributed by atoms with van der Waals surface area (Å²) in [7, 11) is 1.90. The molecule has 2 N–H and O–H groups in total. The summed E-state index contributed by atoms with van der Waals surface area (Å²) in [6.07, 6.45) is 0. The normalized spacial score (nSPS) is 19.6. The van der Waals surface area contributed by atoms with Gasteiger partial charge in [-0.25, -0.2) is 4.79 Å². The lowest BCUT2D eigenvalue weighted by Crippen LogP contribution is -2.35. The maximum Gasteiger partial charge on any atom is 0.322 e. The highest BCUT2D eigenvalue weighted by Crippen LogP contribution is 2.24. The predicted octanol–water partition coefficient (Wildman–Crippen LogP) is 1.42. The smallest absolute Gasteiger partial charge is 0.322 e. The maximum atomic E-state index is 11.9. The summed E-state index contributed by atoms with van der Waals surface area (Å²) >= 11 is 0. The van der Waals surface area contributed by atoms with Gasteiger partial charge in [0.25, 0.3) is 0 Å². The Morgan fingerprint density at radius 3 is 2.94 bits per heavy atom. The number of hydrogen-bond acceptors (Lipinski definition) is 2. The molecule has 1 saturated heterocycles. The number of nitrogens with zero attached hydrogens (tertiary/aromatic N) is 1. The first kappa shape index (κ1) is 11.9. The van der Waals surface area contributed by atoms with Crippen molar-refractivity contribution in [1.82, 2.24) is 10.6 Å². The van der Waals surface area contributed by atoms with Crippen LogP contribution in [0.25, 0.3) is 0 Å². The van der Waals surface area contributed by atoms with Crippen LogP contribution < -0.4 is 15.5 Å². The van der Waals surface area contributed by atoms with E-state index in [9.17, 15) is 4.79 Å². The van der Waals surface area contributed by atoms with Gasteiger partial charge in [0.1, 0.15) is 0 Å². The summed E-state index contributed by atoms with van der Waals surface area (Å²) in [6.45, 7) is 5.65. The van der Waals surface area contributed by atoms with Crippen LogP contribution >= 0.6 is 0 Å². The average Bonchev–Trinajstić information content (AvgIpc) is 2.64. The lowest BCUT2D eigenvalue weighted by Gasteiger charge is -2.18. The standard InChI is InChI=1S/C13H19N3O/c1-9-5-4-6-12(10(9)2)16-8-11(7-14-3)15-13(16)17/h4-6,11,14H,7-8H2,1-3H3,(H,15,17). The second-order valence-corrected chi connectivity index (χ2v) is 4.53. The topological polar surface area (TPSA) is 44.4 Å². The number of aryl methyl sites for hydroxylation is 1. The molecule has 1 aromatic rings. The molecule has 1 unspecified atom stereocenters. The third-order valence-corrected chi connectivity index (χ3v) is 3.29. The molecule has 0 aliphatic carbocycles. The zero-order valence-corrected chi connectivity index (χ0v) is 10.6. The fourth-order valence-electron chi connectivity index (χ4n) is 2.20. The van der Waals surface area contributed by atoms with Crippen molar-refractivity contribution in [2.75, 3.05) is 25.0 Å². The lowest BCUT2D eigenvalue weighted by atomic mass is 10.1. The van der Waals surface area contributed by atoms with Gasteiger partial charge in [0, 0.05) is 18.8 Å². The first-order valence-electron chi connectivity index (χ1n) is 5.92. The van der Waals surface area contributed by atoms with Gasteiger partial charge in [-0.05, 0) is 38.1 Å². The van der Waals surface area contributed by atoms with E-state index in [1.165, 1.54) is 11.1 Å². The van der Waals surface area contributed by atoms with Crippen molar-refractivity contribution < 1.29 is 4.79 Å². The molecule has 2 rings (SSSR count). The second-order valence-electron chi connectivity index (χ2n) is 4.53. The summed E-state index contributed by atoms with van der Waals surface area (Å²) in [4.78, 5) is 13.7. The molecule has 17 heavy (non-hydrogen) atoms. The van der Waals surface area contributed by atoms with E-state index >= 15 is 0 Å². The Labute approximate surface area is 102 Å². The molecule has 0 radical (unpaired) electrons. The van der Waals surface area contributed by atoms with Gasteiger partial charge >= 0.3 is 6.03 Å². The van der Waals surface area contributed by atoms with E-state index in [0.717, 1.165) is 18.8 Å². The lowest BCUT2D eigenvalue weighted by molar-refractivity contribution is 0.250. The Morgan fingerprint density at radius 2 is 2.24 bits per heavy atom. The minimum Gasteiger partial charge on any atom is -0.332 e. The molecule has 0 aromatic heterocycles. The van der Waals surface area contributed by atoms with Crippen LogP contribution in [-0.2, 0) is 0 Å². The molecule has 1 aliphatic heterocycles. The van der Waals surface area contributed by atoms with Gasteiger partial charge in [-0.3, -0.25) is 4.90 Å². The summed E-state index contributed by atoms with van der Waals surface area (Å²) < 4.78 is 0. The van der Waals surface area contributed by atoms with Gasteiger partial charge in [-0.15, -0.1) is 0 Å². The molecule has 1 atom stereocenters. The van der Waals surface area contributed by atoms with Gasteiger partial charge in [0.2, 0.25) is 0 Å². The van der Waals surface area contributed by atoms with E-state index in [-0.39, 0.29) is 12.1 Å². The van der Waals surface area contributed by atoms with Crippen LogP contribution in [0.2, 0.25) is 0 Å². The summed E-state index contributed by atoms with van der Waals surface area (Å²) in [6, 6.07) is 6.25. The monoisotopic (exact) mass is 233 g/mol. The zero-order valence-electron chi connectivity index (χ0n) is 10.6. The van der Waals surface area contributed by atoms with Crippen molar-refractivity contribution in [2.24, 2.45) is 0 Å². The molecule has 2 amide bonds. The average molecular weight is 233 g/mol. The van der Waals surface area contributed by atoms with Gasteiger partial charge in [-0.1, -0.05) is 12.1 Å². The van der Waals surface area contributed by atoms with E-state index in [2.05, 4.69) is 30.5 Å². The highest BCUT2D eigenvalue weighted by atomic mass is 16.2. The maximum absolute atomic E-state index is 11.9. The largest absolute Gasteiger partial charge is 0.332 e. The van der Waals surface area contributed by atoms with Gasteiger partial charge in [-0.2, -0.15) is 0 Å². The highest BCUT2D eigenvalue weighted by molar-refractivity contribution is 5.95. The number of carbonyl (C=O) groups excluding carboxylic acids is 1. The Morgan fingerprint density at radius 1 is 1.47 bits per heavy atom. The molecule has 92 valence electrons. The molecule has 4 nitrogen and oxygen atoms in total. The van der Waals surface area contributed by atoms with Crippen LogP contribution in [0, 0.1) is 13.8 Å². The Kier molecular flexibility index (Phi) is 3.33. The minimum absolute atomic E-state index is 0.000972. The summed E-state index contributed by atoms with van der Waals surface area (Å²) in [5.41, 5.74) is 3.40. The molecule has 1 heterocycles. The van der Waals surface area contributed by atoms with Crippen molar-refractivity contribution in [3.8, 4) is 0 Å². The fraction of sp³-hybridized carbons (Fsp3) is 0.462. The zero-order chi connectivity index (χ0) is 12.4. The summed E-state index contributed by atoms with van der Waals surface area (Å²) in [5, 5.41) is 6.06. The molecule has 1 aromatic carbocycles. The van der Waals surface area contributed by atoms with Crippen molar-refractivity contribution in [3.63, 3.8) is 0 Å². The molecular weight excluding hydrogens is 214 g/mol. The number of nitrogens with one attached hydrogen (secondary N) is 2. The molecule has 0 bridgehead atoms. The van der Waals surface area contributed by atoms with Gasteiger partial charge in [0.15, 0.2) is 0 Å². The van der Waals surface area contributed by atoms with E-state index in [1.54, 1.807) is 0 Å². The van der Waals surface area contributed by atoms with Crippen molar-refractivity contribution in [2.45, 2.75) is 19.9 Å². The number of anilines is 1. The van der Waals surface area contributed by atoms with Gasteiger partial charge in [0.05, 0.1) is 6.04 Å². The first-order valence-corrected chi connectivity index (χ1v) is 5.92. The van der Waals surface area contributed by atoms with Gasteiger partial charge < -0.3 is 10.6 Å². The fourth-order valence-corrected chi connectivity index (χ4v) is 2.20. The third-order valence-electron chi connectivity index (χ3n) is 3.29. The number of carbonyl (C=O) groups is 1. The number of benzene rings is 1. The number of likely N-dealkylation sites (N-methyl/N-ethyl adjacent to an activating group) is 1. The van der Waals surface area contributed by atoms with E-state index in [0.29, 0.717) is 0 Å². The Hall–Kier alpha value is -1.55. The van der Waals surface area contributed by atoms with Crippen LogP contribution in [0.3, 0.4) is 0 Å². The molecule has 0 saturated carbocycles. The Balaban J connectivity index is 2.23. The quantitative estimate of drug-likeness (QED) is 0.829. The van der Waals surface area contributed by atoms with Crippen LogP contribution in [0.4, 0.5) is 10.5 Å². The highest BCUT2D eigenvalue weighted by Gasteiger charge is 2.29. The predicted molar refractivity (Wildman–Crippen MR) is 69.5 cm³/mol. The van der Waals surface area contributed by atoms with Crippen LogP contribution in [0.5, 0.6) is 0 Å². The number of rotatable bonds is 3. The van der Waals surface area contributed by atoms with Crippen LogP contribution in [0.1, 0.15) is 11.1 Å². The number of amides is 2. The molecular formula is C13H19N3O. The van der Waals surface area contributed by atoms with Crippen molar-refractivity contribution in [3.05, 3.63) is 29.3 Å². The third kappa shape index (κ3) is 2.26. The van der Waals surface area contributed by atoms with E-state index in [4.69, 9.17) is 0 Å². The van der Waals surface area contributed by atoms with Crippen molar-refractivity contribution >= 4 is 11.7 Å². The van der Waals surface area contributed by atoms with Crippen LogP contribution in [0.15, 0.2) is 18.2 Å². The molecule has 1 fully saturated rings. The minimum atomic E-state index is -0.000972.